The number of Topliss-reactive ketones (excluding diaryl/α,β-unsaturated/α-hetero) is 1. The summed E-state index contributed by atoms with van der Waals surface area (Å²) in [4.78, 5) is 31.4. The molecule has 7 nitrogen and oxygen atoms in total. The Morgan fingerprint density at radius 2 is 1.89 bits per heavy atom. The Balaban J connectivity index is 1.72. The second-order valence-corrected chi connectivity index (χ2v) is 9.96. The molecule has 0 aliphatic carbocycles. The van der Waals surface area contributed by atoms with E-state index < -0.39 is 17.7 Å². The summed E-state index contributed by atoms with van der Waals surface area (Å²) in [5.41, 5.74) is 2.69. The molecular formula is C29H28N2O5. The lowest BCUT2D eigenvalue weighted by Crippen LogP contribution is -2.29. The number of rotatable bonds is 5. The number of aliphatic hydroxyl groups is 1. The average molecular weight is 485 g/mol. The summed E-state index contributed by atoms with van der Waals surface area (Å²) >= 11 is 0. The monoisotopic (exact) mass is 484 g/mol. The highest BCUT2D eigenvalue weighted by Gasteiger charge is 2.47. The number of carbonyl (C=O) groups excluding carboxylic acids is 2. The van der Waals surface area contributed by atoms with Crippen molar-refractivity contribution in [3.05, 3.63) is 95.1 Å². The van der Waals surface area contributed by atoms with Crippen LogP contribution in [0.3, 0.4) is 0 Å². The van der Waals surface area contributed by atoms with Crippen LogP contribution in [0.1, 0.15) is 49.3 Å². The predicted molar refractivity (Wildman–Crippen MR) is 137 cm³/mol. The molecule has 1 amide bonds. The van der Waals surface area contributed by atoms with E-state index in [1.54, 1.807) is 37.6 Å². The highest BCUT2D eigenvalue weighted by molar-refractivity contribution is 6.46. The van der Waals surface area contributed by atoms with Gasteiger partial charge in [-0.05, 0) is 41.8 Å². The van der Waals surface area contributed by atoms with Crippen molar-refractivity contribution in [1.29, 1.82) is 0 Å². The first-order chi connectivity index (χ1) is 17.2. The largest absolute Gasteiger partial charge is 0.507 e. The van der Waals surface area contributed by atoms with Gasteiger partial charge in [-0.25, -0.2) is 0 Å². The zero-order chi connectivity index (χ0) is 25.6. The van der Waals surface area contributed by atoms with Crippen LogP contribution in [0.2, 0.25) is 0 Å². The maximum absolute atomic E-state index is 13.4. The van der Waals surface area contributed by atoms with Crippen LogP contribution < -0.4 is 4.74 Å². The number of nitrogens with one attached hydrogen (secondary N) is 1. The number of ketones is 1. The molecule has 2 N–H and O–H groups in total. The molecule has 1 aliphatic heterocycles. The Morgan fingerprint density at radius 1 is 1.11 bits per heavy atom. The minimum atomic E-state index is -0.800. The smallest absolute Gasteiger partial charge is 0.296 e. The molecule has 1 unspecified atom stereocenters. The molecule has 1 saturated heterocycles. The number of benzene rings is 2. The van der Waals surface area contributed by atoms with Gasteiger partial charge in [0, 0.05) is 33.8 Å². The molecule has 0 spiro atoms. The fourth-order valence-corrected chi connectivity index (χ4v) is 4.85. The number of carbonyl (C=O) groups is 2. The third kappa shape index (κ3) is 3.86. The molecule has 4 aromatic rings. The number of hydrogen-bond acceptors (Lipinski definition) is 5. The average Bonchev–Trinajstić information content (AvgIpc) is 3.58. The van der Waals surface area contributed by atoms with Gasteiger partial charge in [0.05, 0.1) is 31.5 Å². The van der Waals surface area contributed by atoms with E-state index in [4.69, 9.17) is 9.15 Å². The SMILES string of the molecule is COc1ccc(/C(O)=C2\C(=O)C(=O)N(Cc3ccco3)C2c2c[nH]c3ccccc23)cc1C(C)(C)C. The molecule has 3 heterocycles. The lowest BCUT2D eigenvalue weighted by Gasteiger charge is -2.25. The highest BCUT2D eigenvalue weighted by atomic mass is 16.5. The molecule has 36 heavy (non-hydrogen) atoms. The van der Waals surface area contributed by atoms with E-state index in [9.17, 15) is 14.7 Å². The number of methoxy groups -OCH3 is 1. The van der Waals surface area contributed by atoms with E-state index in [-0.39, 0.29) is 23.3 Å². The first-order valence-corrected chi connectivity index (χ1v) is 11.8. The van der Waals surface area contributed by atoms with Crippen LogP contribution in [0.15, 0.2) is 77.0 Å². The van der Waals surface area contributed by atoms with E-state index >= 15 is 0 Å². The Hall–Kier alpha value is -4.26. The van der Waals surface area contributed by atoms with Gasteiger partial charge in [-0.15, -0.1) is 0 Å². The number of hydrogen-bond donors (Lipinski definition) is 2. The second kappa shape index (κ2) is 8.75. The molecule has 2 aromatic carbocycles. The van der Waals surface area contributed by atoms with Crippen molar-refractivity contribution in [2.45, 2.75) is 38.8 Å². The first kappa shape index (κ1) is 23.5. The lowest BCUT2D eigenvalue weighted by molar-refractivity contribution is -0.140. The van der Waals surface area contributed by atoms with Crippen molar-refractivity contribution in [2.24, 2.45) is 0 Å². The molecule has 184 valence electrons. The third-order valence-corrected chi connectivity index (χ3v) is 6.64. The second-order valence-electron chi connectivity index (χ2n) is 9.96. The van der Waals surface area contributed by atoms with Crippen LogP contribution in [0, 0.1) is 0 Å². The molecule has 0 radical (unpaired) electrons. The number of furan rings is 1. The number of aromatic nitrogens is 1. The van der Waals surface area contributed by atoms with Gasteiger partial charge in [-0.3, -0.25) is 9.59 Å². The Labute approximate surface area is 209 Å². The standard InChI is InChI=1S/C29H28N2O5/c1-29(2,3)21-14-17(11-12-23(21)35-4)26(32)24-25(20-15-30-22-10-6-5-9-19(20)22)31(28(34)27(24)33)16-18-8-7-13-36-18/h5-15,25,30,32H,16H2,1-4H3/b26-24+. The number of ether oxygens (including phenoxy) is 1. The van der Waals surface area contributed by atoms with Gasteiger partial charge in [-0.2, -0.15) is 0 Å². The van der Waals surface area contributed by atoms with Crippen LogP contribution in [0.5, 0.6) is 5.75 Å². The van der Waals surface area contributed by atoms with E-state index in [2.05, 4.69) is 4.98 Å². The maximum atomic E-state index is 13.4. The van der Waals surface area contributed by atoms with Crippen LogP contribution in [-0.2, 0) is 21.5 Å². The zero-order valence-corrected chi connectivity index (χ0v) is 20.7. The minimum absolute atomic E-state index is 0.0429. The van der Waals surface area contributed by atoms with Crippen molar-refractivity contribution in [2.75, 3.05) is 7.11 Å². The number of H-pyrrole nitrogens is 1. The number of amides is 1. The van der Waals surface area contributed by atoms with E-state index in [1.165, 1.54) is 11.2 Å². The fraction of sp³-hybridized carbons (Fsp3) is 0.241. The van der Waals surface area contributed by atoms with E-state index in [1.807, 2.05) is 51.1 Å². The summed E-state index contributed by atoms with van der Waals surface area (Å²) in [5.74, 6) is -0.416. The van der Waals surface area contributed by atoms with E-state index in [0.29, 0.717) is 17.1 Å². The van der Waals surface area contributed by atoms with Crippen molar-refractivity contribution in [1.82, 2.24) is 9.88 Å². The number of aromatic amines is 1. The summed E-state index contributed by atoms with van der Waals surface area (Å²) < 4.78 is 11.0. The lowest BCUT2D eigenvalue weighted by atomic mass is 9.84. The summed E-state index contributed by atoms with van der Waals surface area (Å²) in [6.07, 6.45) is 3.32. The highest BCUT2D eigenvalue weighted by Crippen LogP contribution is 2.43. The number of fused-ring (bicyclic) bond motifs is 1. The van der Waals surface area contributed by atoms with Gasteiger partial charge in [0.15, 0.2) is 0 Å². The van der Waals surface area contributed by atoms with Gasteiger partial charge in [-0.1, -0.05) is 39.0 Å². The van der Waals surface area contributed by atoms with Crippen LogP contribution >= 0.6 is 0 Å². The van der Waals surface area contributed by atoms with Crippen molar-refractivity contribution in [3.8, 4) is 5.75 Å². The molecule has 0 saturated carbocycles. The van der Waals surface area contributed by atoms with Gasteiger partial charge >= 0.3 is 0 Å². The maximum Gasteiger partial charge on any atom is 0.296 e. The zero-order valence-electron chi connectivity index (χ0n) is 20.7. The molecular weight excluding hydrogens is 456 g/mol. The van der Waals surface area contributed by atoms with Crippen LogP contribution in [-0.4, -0.2) is 33.8 Å². The quantitative estimate of drug-likeness (QED) is 0.216. The fourth-order valence-electron chi connectivity index (χ4n) is 4.85. The third-order valence-electron chi connectivity index (χ3n) is 6.64. The summed E-state index contributed by atoms with van der Waals surface area (Å²) in [7, 11) is 1.60. The summed E-state index contributed by atoms with van der Waals surface area (Å²) in [6, 6.07) is 15.7. The van der Waals surface area contributed by atoms with Crippen LogP contribution in [0.4, 0.5) is 0 Å². The number of para-hydroxylation sites is 1. The van der Waals surface area contributed by atoms with Crippen molar-refractivity contribution in [3.63, 3.8) is 0 Å². The summed E-state index contributed by atoms with van der Waals surface area (Å²) in [6.45, 7) is 6.23. The van der Waals surface area contributed by atoms with Gasteiger partial charge in [0.1, 0.15) is 17.3 Å². The first-order valence-electron chi connectivity index (χ1n) is 11.8. The molecule has 1 atom stereocenters. The Kier molecular flexibility index (Phi) is 5.71. The van der Waals surface area contributed by atoms with Gasteiger partial charge in [0.25, 0.3) is 11.7 Å². The van der Waals surface area contributed by atoms with Crippen molar-refractivity contribution < 1.29 is 23.8 Å². The van der Waals surface area contributed by atoms with Crippen LogP contribution in [0.25, 0.3) is 16.7 Å². The molecule has 2 aromatic heterocycles. The molecule has 1 aliphatic rings. The summed E-state index contributed by atoms with van der Waals surface area (Å²) in [5, 5.41) is 12.4. The topological polar surface area (TPSA) is 95.8 Å². The minimum Gasteiger partial charge on any atom is -0.507 e. The number of aliphatic hydroxyl groups excluding tert-OH is 1. The Morgan fingerprint density at radius 3 is 2.58 bits per heavy atom. The van der Waals surface area contributed by atoms with E-state index in [0.717, 1.165) is 22.0 Å². The molecule has 7 heteroatoms. The molecule has 0 bridgehead atoms. The Bertz CT molecular complexity index is 1490. The predicted octanol–water partition coefficient (Wildman–Crippen LogP) is 5.69. The number of nitrogens with zero attached hydrogens (tertiary/aromatic N) is 1. The normalized spacial score (nSPS) is 17.8. The van der Waals surface area contributed by atoms with Gasteiger partial charge < -0.3 is 24.1 Å². The van der Waals surface area contributed by atoms with Crippen molar-refractivity contribution >= 4 is 28.4 Å². The molecule has 1 fully saturated rings. The van der Waals surface area contributed by atoms with Gasteiger partial charge in [0.2, 0.25) is 0 Å². The number of likely N-dealkylation sites (tertiary alicyclic amines) is 1. The molecule has 5 rings (SSSR count).